The highest BCUT2D eigenvalue weighted by Crippen LogP contribution is 2.26. The number of amides is 1. The van der Waals surface area contributed by atoms with E-state index < -0.39 is 0 Å². The van der Waals surface area contributed by atoms with E-state index in [0.29, 0.717) is 20.9 Å². The molecule has 0 radical (unpaired) electrons. The van der Waals surface area contributed by atoms with E-state index >= 15 is 0 Å². The largest absolute Gasteiger partial charge is 0.333 e. The van der Waals surface area contributed by atoms with Crippen molar-refractivity contribution in [3.63, 3.8) is 0 Å². The second-order valence-electron chi connectivity index (χ2n) is 4.96. The minimum Gasteiger partial charge on any atom is -0.333 e. The van der Waals surface area contributed by atoms with Gasteiger partial charge in [-0.05, 0) is 49.4 Å². The van der Waals surface area contributed by atoms with E-state index in [0.717, 1.165) is 11.0 Å². The average molecular weight is 366 g/mol. The number of thioether (sulfide) groups is 1. The third-order valence-corrected chi connectivity index (χ3v) is 4.66. The van der Waals surface area contributed by atoms with Gasteiger partial charge >= 0.3 is 0 Å². The van der Waals surface area contributed by atoms with Gasteiger partial charge in [-0.2, -0.15) is 0 Å². The van der Waals surface area contributed by atoms with Crippen LogP contribution in [0.15, 0.2) is 47.6 Å². The third kappa shape index (κ3) is 3.99. The number of anilines is 1. The lowest BCUT2D eigenvalue weighted by Crippen LogP contribution is -2.22. The van der Waals surface area contributed by atoms with E-state index in [1.54, 1.807) is 30.3 Å². The number of hydrogen-bond acceptors (Lipinski definition) is 3. The van der Waals surface area contributed by atoms with E-state index in [1.165, 1.54) is 11.8 Å². The zero-order chi connectivity index (χ0) is 16.4. The molecule has 3 rings (SSSR count). The molecular weight excluding hydrogens is 353 g/mol. The Labute approximate surface area is 147 Å². The van der Waals surface area contributed by atoms with Crippen molar-refractivity contribution in [1.82, 2.24) is 9.97 Å². The van der Waals surface area contributed by atoms with Crippen molar-refractivity contribution < 1.29 is 4.79 Å². The highest BCUT2D eigenvalue weighted by Gasteiger charge is 2.17. The quantitative estimate of drug-likeness (QED) is 0.640. The van der Waals surface area contributed by atoms with Gasteiger partial charge in [0.2, 0.25) is 5.91 Å². The van der Waals surface area contributed by atoms with Crippen LogP contribution in [0.4, 0.5) is 5.69 Å². The van der Waals surface area contributed by atoms with Crippen LogP contribution in [0.1, 0.15) is 6.92 Å². The van der Waals surface area contributed by atoms with Crippen LogP contribution in [-0.2, 0) is 4.79 Å². The van der Waals surface area contributed by atoms with Crippen molar-refractivity contribution in [3.8, 4) is 0 Å². The Morgan fingerprint density at radius 3 is 2.61 bits per heavy atom. The molecule has 118 valence electrons. The molecule has 1 heterocycles. The number of benzene rings is 2. The van der Waals surface area contributed by atoms with E-state index in [1.807, 2.05) is 19.1 Å². The minimum atomic E-state index is -0.304. The first-order valence-corrected chi connectivity index (χ1v) is 8.53. The Hall–Kier alpha value is -1.69. The van der Waals surface area contributed by atoms with Crippen molar-refractivity contribution in [2.45, 2.75) is 17.3 Å². The molecule has 0 aliphatic heterocycles. The van der Waals surface area contributed by atoms with Gasteiger partial charge in [0.1, 0.15) is 0 Å². The Bertz CT molecular complexity index is 848. The first-order valence-electron chi connectivity index (χ1n) is 6.89. The lowest BCUT2D eigenvalue weighted by Gasteiger charge is -2.10. The van der Waals surface area contributed by atoms with Gasteiger partial charge in [0, 0.05) is 15.7 Å². The number of fused-ring (bicyclic) bond motifs is 1. The molecule has 0 bridgehead atoms. The molecule has 0 fully saturated rings. The fourth-order valence-electron chi connectivity index (χ4n) is 2.01. The molecule has 1 aromatic heterocycles. The molecule has 0 unspecified atom stereocenters. The Kier molecular flexibility index (Phi) is 4.80. The monoisotopic (exact) mass is 365 g/mol. The normalized spacial score (nSPS) is 12.3. The maximum atomic E-state index is 12.2. The molecule has 0 saturated carbocycles. The van der Waals surface area contributed by atoms with Gasteiger partial charge in [-0.25, -0.2) is 4.98 Å². The van der Waals surface area contributed by atoms with Gasteiger partial charge in [-0.15, -0.1) is 0 Å². The van der Waals surface area contributed by atoms with E-state index in [-0.39, 0.29) is 11.2 Å². The summed E-state index contributed by atoms with van der Waals surface area (Å²) in [5.41, 5.74) is 2.38. The topological polar surface area (TPSA) is 57.8 Å². The van der Waals surface area contributed by atoms with Crippen LogP contribution in [0.3, 0.4) is 0 Å². The molecule has 7 heteroatoms. The molecular formula is C16H13Cl2N3OS. The molecule has 1 atom stereocenters. The molecule has 0 aliphatic carbocycles. The van der Waals surface area contributed by atoms with Crippen LogP contribution in [0.2, 0.25) is 10.0 Å². The lowest BCUT2D eigenvalue weighted by atomic mass is 10.3. The number of aromatic nitrogens is 2. The van der Waals surface area contributed by atoms with Crippen molar-refractivity contribution >= 4 is 57.6 Å². The number of hydrogen-bond donors (Lipinski definition) is 2. The summed E-state index contributed by atoms with van der Waals surface area (Å²) in [7, 11) is 0. The van der Waals surface area contributed by atoms with Crippen molar-refractivity contribution in [3.05, 3.63) is 52.5 Å². The molecule has 3 aromatic rings. The Morgan fingerprint density at radius 1 is 1.17 bits per heavy atom. The number of carbonyl (C=O) groups excluding carboxylic acids is 1. The summed E-state index contributed by atoms with van der Waals surface area (Å²) in [5.74, 6) is -0.101. The van der Waals surface area contributed by atoms with Gasteiger partial charge in [0.25, 0.3) is 0 Å². The fourth-order valence-corrected chi connectivity index (χ4v) is 3.13. The average Bonchev–Trinajstić information content (AvgIpc) is 2.90. The van der Waals surface area contributed by atoms with Crippen LogP contribution in [0.25, 0.3) is 11.0 Å². The minimum absolute atomic E-state index is 0.101. The predicted molar refractivity (Wildman–Crippen MR) is 96.5 cm³/mol. The van der Waals surface area contributed by atoms with Crippen LogP contribution < -0.4 is 5.32 Å². The molecule has 2 N–H and O–H groups in total. The van der Waals surface area contributed by atoms with Crippen LogP contribution in [0, 0.1) is 0 Å². The van der Waals surface area contributed by atoms with Gasteiger partial charge < -0.3 is 10.3 Å². The maximum Gasteiger partial charge on any atom is 0.237 e. The summed E-state index contributed by atoms with van der Waals surface area (Å²) in [6.07, 6.45) is 0. The first kappa shape index (κ1) is 16.2. The number of halogens is 2. The number of aromatic amines is 1. The number of nitrogens with one attached hydrogen (secondary N) is 2. The SMILES string of the molecule is C[C@H](Sc1nc2ccc(Cl)cc2[nH]1)C(=O)Nc1ccc(Cl)cc1. The lowest BCUT2D eigenvalue weighted by molar-refractivity contribution is -0.115. The summed E-state index contributed by atoms with van der Waals surface area (Å²) in [4.78, 5) is 19.9. The number of carbonyl (C=O) groups is 1. The first-order chi connectivity index (χ1) is 11.0. The summed E-state index contributed by atoms with van der Waals surface area (Å²) < 4.78 is 0. The second kappa shape index (κ2) is 6.83. The molecule has 23 heavy (non-hydrogen) atoms. The number of nitrogens with zero attached hydrogens (tertiary/aromatic N) is 1. The zero-order valence-electron chi connectivity index (χ0n) is 12.1. The summed E-state index contributed by atoms with van der Waals surface area (Å²) in [6.45, 7) is 1.83. The third-order valence-electron chi connectivity index (χ3n) is 3.19. The molecule has 2 aromatic carbocycles. The van der Waals surface area contributed by atoms with E-state index in [2.05, 4.69) is 15.3 Å². The van der Waals surface area contributed by atoms with Crippen LogP contribution in [-0.4, -0.2) is 21.1 Å². The van der Waals surface area contributed by atoms with Crippen molar-refractivity contribution in [1.29, 1.82) is 0 Å². The standard InChI is InChI=1S/C16H13Cl2N3OS/c1-9(15(22)19-12-5-2-10(17)3-6-12)23-16-20-13-7-4-11(18)8-14(13)21-16/h2-9H,1H3,(H,19,22)(H,20,21)/t9-/m0/s1. The van der Waals surface area contributed by atoms with Crippen LogP contribution in [0.5, 0.6) is 0 Å². The summed E-state index contributed by atoms with van der Waals surface area (Å²) in [6, 6.07) is 12.4. The fraction of sp³-hybridized carbons (Fsp3) is 0.125. The number of imidazole rings is 1. The van der Waals surface area contributed by atoms with Gasteiger partial charge in [0.05, 0.1) is 16.3 Å². The molecule has 4 nitrogen and oxygen atoms in total. The number of H-pyrrole nitrogens is 1. The summed E-state index contributed by atoms with van der Waals surface area (Å²) >= 11 is 13.1. The van der Waals surface area contributed by atoms with Crippen molar-refractivity contribution in [2.24, 2.45) is 0 Å². The Balaban J connectivity index is 1.68. The molecule has 0 saturated heterocycles. The smallest absolute Gasteiger partial charge is 0.237 e. The van der Waals surface area contributed by atoms with E-state index in [4.69, 9.17) is 23.2 Å². The highest BCUT2D eigenvalue weighted by molar-refractivity contribution is 8.00. The maximum absolute atomic E-state index is 12.2. The van der Waals surface area contributed by atoms with Crippen molar-refractivity contribution in [2.75, 3.05) is 5.32 Å². The van der Waals surface area contributed by atoms with Crippen LogP contribution >= 0.6 is 35.0 Å². The predicted octanol–water partition coefficient (Wildman–Crippen LogP) is 4.99. The highest BCUT2D eigenvalue weighted by atomic mass is 35.5. The molecule has 0 spiro atoms. The van der Waals surface area contributed by atoms with Gasteiger partial charge in [0.15, 0.2) is 5.16 Å². The number of rotatable bonds is 4. The zero-order valence-corrected chi connectivity index (χ0v) is 14.5. The second-order valence-corrected chi connectivity index (χ2v) is 7.16. The Morgan fingerprint density at radius 2 is 1.87 bits per heavy atom. The van der Waals surface area contributed by atoms with E-state index in [9.17, 15) is 4.79 Å². The van der Waals surface area contributed by atoms with Gasteiger partial charge in [-0.1, -0.05) is 35.0 Å². The molecule has 0 aliphatic rings. The molecule has 1 amide bonds. The van der Waals surface area contributed by atoms with Gasteiger partial charge in [-0.3, -0.25) is 4.79 Å². The summed E-state index contributed by atoms with van der Waals surface area (Å²) in [5, 5.41) is 4.50.